The van der Waals surface area contributed by atoms with Crippen LogP contribution in [-0.4, -0.2) is 30.4 Å². The Balaban J connectivity index is 2.00. The number of fused-ring (bicyclic) bond motifs is 1. The van der Waals surface area contributed by atoms with Crippen molar-refractivity contribution in [2.75, 3.05) is 13.2 Å². The van der Waals surface area contributed by atoms with Crippen LogP contribution in [0.2, 0.25) is 0 Å². The van der Waals surface area contributed by atoms with Gasteiger partial charge < -0.3 is 20.5 Å². The molecule has 1 heterocycles. The highest BCUT2D eigenvalue weighted by molar-refractivity contribution is 5.74. The number of rotatable bonds is 3. The van der Waals surface area contributed by atoms with Crippen LogP contribution in [0.4, 0.5) is 9.18 Å². The Kier molecular flexibility index (Phi) is 5.46. The SMILES string of the molecule is CC(C)(C)C(O)CNC(=O)NC1CCCOc2c(F)cccc21. The first-order valence-electron chi connectivity index (χ1n) is 7.92. The van der Waals surface area contributed by atoms with Crippen molar-refractivity contribution in [3.63, 3.8) is 0 Å². The molecule has 0 saturated carbocycles. The van der Waals surface area contributed by atoms with Gasteiger partial charge in [0, 0.05) is 12.1 Å². The first-order chi connectivity index (χ1) is 10.8. The van der Waals surface area contributed by atoms with Gasteiger partial charge in [-0.25, -0.2) is 9.18 Å². The first-order valence-corrected chi connectivity index (χ1v) is 7.92. The molecule has 2 rings (SSSR count). The van der Waals surface area contributed by atoms with Crippen molar-refractivity contribution < 1.29 is 19.0 Å². The molecule has 128 valence electrons. The minimum absolute atomic E-state index is 0.161. The van der Waals surface area contributed by atoms with E-state index in [1.807, 2.05) is 20.8 Å². The highest BCUT2D eigenvalue weighted by Crippen LogP contribution is 2.33. The third kappa shape index (κ3) is 4.58. The zero-order chi connectivity index (χ0) is 17.0. The van der Waals surface area contributed by atoms with Gasteiger partial charge in [-0.1, -0.05) is 32.9 Å². The second kappa shape index (κ2) is 7.17. The molecule has 0 bridgehead atoms. The Morgan fingerprint density at radius 2 is 2.22 bits per heavy atom. The van der Waals surface area contributed by atoms with Gasteiger partial charge >= 0.3 is 6.03 Å². The minimum atomic E-state index is -0.643. The molecule has 1 aliphatic heterocycles. The average Bonchev–Trinajstić information content (AvgIpc) is 2.67. The average molecular weight is 324 g/mol. The largest absolute Gasteiger partial charge is 0.490 e. The predicted octanol–water partition coefficient (Wildman–Crippen LogP) is 2.75. The first kappa shape index (κ1) is 17.5. The monoisotopic (exact) mass is 324 g/mol. The number of hydrogen-bond donors (Lipinski definition) is 3. The molecule has 0 fully saturated rings. The summed E-state index contributed by atoms with van der Waals surface area (Å²) in [6.07, 6.45) is 0.755. The van der Waals surface area contributed by atoms with Crippen LogP contribution >= 0.6 is 0 Å². The topological polar surface area (TPSA) is 70.6 Å². The van der Waals surface area contributed by atoms with E-state index >= 15 is 0 Å². The molecule has 0 radical (unpaired) electrons. The summed E-state index contributed by atoms with van der Waals surface area (Å²) in [6.45, 7) is 6.29. The number of halogens is 1. The number of carbonyl (C=O) groups excluding carboxylic acids is 1. The number of urea groups is 1. The van der Waals surface area contributed by atoms with Crippen LogP contribution in [0.3, 0.4) is 0 Å². The summed E-state index contributed by atoms with van der Waals surface area (Å²) in [5.41, 5.74) is 0.341. The van der Waals surface area contributed by atoms with Gasteiger partial charge in [0.1, 0.15) is 0 Å². The number of hydrogen-bond acceptors (Lipinski definition) is 3. The van der Waals surface area contributed by atoms with Gasteiger partial charge in [-0.05, 0) is 24.3 Å². The van der Waals surface area contributed by atoms with Crippen LogP contribution in [0.25, 0.3) is 0 Å². The summed E-state index contributed by atoms with van der Waals surface area (Å²) in [4.78, 5) is 12.1. The number of para-hydroxylation sites is 1. The van der Waals surface area contributed by atoms with Crippen molar-refractivity contribution in [2.24, 2.45) is 5.41 Å². The molecule has 0 aliphatic carbocycles. The standard InChI is InChI=1S/C17H25FN2O3/c1-17(2,3)14(21)10-19-16(22)20-13-8-5-9-23-15-11(13)6-4-7-12(15)18/h4,6-7,13-14,21H,5,8-10H2,1-3H3,(H2,19,20,22). The summed E-state index contributed by atoms with van der Waals surface area (Å²) in [7, 11) is 0. The lowest BCUT2D eigenvalue weighted by molar-refractivity contribution is 0.0649. The van der Waals surface area contributed by atoms with E-state index in [1.54, 1.807) is 12.1 Å². The number of aliphatic hydroxyl groups excluding tert-OH is 1. The Hall–Kier alpha value is -1.82. The molecule has 1 aromatic rings. The molecule has 2 unspecified atom stereocenters. The van der Waals surface area contributed by atoms with E-state index in [2.05, 4.69) is 10.6 Å². The lowest BCUT2D eigenvalue weighted by Gasteiger charge is -2.26. The van der Waals surface area contributed by atoms with Crippen molar-refractivity contribution in [1.29, 1.82) is 0 Å². The third-order valence-electron chi connectivity index (χ3n) is 4.02. The van der Waals surface area contributed by atoms with Crippen LogP contribution in [-0.2, 0) is 0 Å². The van der Waals surface area contributed by atoms with Gasteiger partial charge in [-0.2, -0.15) is 0 Å². The molecule has 5 nitrogen and oxygen atoms in total. The molecular weight excluding hydrogens is 299 g/mol. The van der Waals surface area contributed by atoms with Gasteiger partial charge in [-0.3, -0.25) is 0 Å². The fraction of sp³-hybridized carbons (Fsp3) is 0.588. The Morgan fingerprint density at radius 3 is 2.91 bits per heavy atom. The van der Waals surface area contributed by atoms with Crippen LogP contribution < -0.4 is 15.4 Å². The summed E-state index contributed by atoms with van der Waals surface area (Å²) < 4.78 is 19.3. The summed E-state index contributed by atoms with van der Waals surface area (Å²) >= 11 is 0. The van der Waals surface area contributed by atoms with E-state index in [4.69, 9.17) is 4.74 Å². The Labute approximate surface area is 136 Å². The van der Waals surface area contributed by atoms with E-state index in [0.29, 0.717) is 18.6 Å². The fourth-order valence-corrected chi connectivity index (χ4v) is 2.42. The molecule has 1 aromatic carbocycles. The number of ether oxygens (including phenoxy) is 1. The van der Waals surface area contributed by atoms with Crippen molar-refractivity contribution in [3.8, 4) is 5.75 Å². The van der Waals surface area contributed by atoms with E-state index in [9.17, 15) is 14.3 Å². The second-order valence-electron chi connectivity index (χ2n) is 6.94. The number of nitrogens with one attached hydrogen (secondary N) is 2. The normalized spacial score (nSPS) is 19.1. The molecule has 6 heteroatoms. The lowest BCUT2D eigenvalue weighted by atomic mass is 9.89. The molecule has 0 saturated heterocycles. The third-order valence-corrected chi connectivity index (χ3v) is 4.02. The van der Waals surface area contributed by atoms with Crippen LogP contribution in [0.1, 0.15) is 45.2 Å². The number of aliphatic hydroxyl groups is 1. The molecule has 23 heavy (non-hydrogen) atoms. The molecule has 1 aliphatic rings. The van der Waals surface area contributed by atoms with Gasteiger partial charge in [0.05, 0.1) is 18.8 Å². The zero-order valence-corrected chi connectivity index (χ0v) is 13.9. The molecule has 2 amide bonds. The van der Waals surface area contributed by atoms with Crippen LogP contribution in [0.15, 0.2) is 18.2 Å². The van der Waals surface area contributed by atoms with E-state index in [-0.39, 0.29) is 29.8 Å². The van der Waals surface area contributed by atoms with E-state index in [1.165, 1.54) is 6.07 Å². The van der Waals surface area contributed by atoms with Crippen molar-refractivity contribution in [2.45, 2.75) is 45.8 Å². The van der Waals surface area contributed by atoms with Crippen LogP contribution in [0.5, 0.6) is 5.75 Å². The zero-order valence-electron chi connectivity index (χ0n) is 13.9. The molecule has 2 atom stereocenters. The maximum Gasteiger partial charge on any atom is 0.315 e. The fourth-order valence-electron chi connectivity index (χ4n) is 2.42. The predicted molar refractivity (Wildman–Crippen MR) is 85.9 cm³/mol. The van der Waals surface area contributed by atoms with Gasteiger partial charge in [-0.15, -0.1) is 0 Å². The molecule has 3 N–H and O–H groups in total. The van der Waals surface area contributed by atoms with E-state index in [0.717, 1.165) is 6.42 Å². The highest BCUT2D eigenvalue weighted by Gasteiger charge is 2.25. The molecular formula is C17H25FN2O3. The van der Waals surface area contributed by atoms with Gasteiger partial charge in [0.2, 0.25) is 0 Å². The smallest absolute Gasteiger partial charge is 0.315 e. The summed E-state index contributed by atoms with van der Waals surface area (Å²) in [6, 6.07) is 4.03. The van der Waals surface area contributed by atoms with Crippen LogP contribution in [0, 0.1) is 11.2 Å². The lowest BCUT2D eigenvalue weighted by Crippen LogP contribution is -2.44. The number of amides is 2. The summed E-state index contributed by atoms with van der Waals surface area (Å²) in [5.74, 6) is -0.204. The number of carbonyl (C=O) groups is 1. The van der Waals surface area contributed by atoms with Crippen molar-refractivity contribution in [3.05, 3.63) is 29.6 Å². The van der Waals surface area contributed by atoms with Gasteiger partial charge in [0.25, 0.3) is 0 Å². The second-order valence-corrected chi connectivity index (χ2v) is 6.94. The minimum Gasteiger partial charge on any atom is -0.490 e. The quantitative estimate of drug-likeness (QED) is 0.800. The maximum absolute atomic E-state index is 13.9. The Morgan fingerprint density at radius 1 is 1.48 bits per heavy atom. The molecule has 0 aromatic heterocycles. The van der Waals surface area contributed by atoms with Crippen molar-refractivity contribution in [1.82, 2.24) is 10.6 Å². The van der Waals surface area contributed by atoms with Crippen molar-refractivity contribution >= 4 is 6.03 Å². The van der Waals surface area contributed by atoms with Gasteiger partial charge in [0.15, 0.2) is 11.6 Å². The Bertz CT molecular complexity index is 557. The number of benzene rings is 1. The maximum atomic E-state index is 13.9. The van der Waals surface area contributed by atoms with E-state index < -0.39 is 11.9 Å². The summed E-state index contributed by atoms with van der Waals surface area (Å²) in [5, 5.41) is 15.5. The molecule has 0 spiro atoms. The highest BCUT2D eigenvalue weighted by atomic mass is 19.1.